The van der Waals surface area contributed by atoms with Gasteiger partial charge >= 0.3 is 0 Å². The maximum absolute atomic E-state index is 13.6. The molecule has 6 nitrogen and oxygen atoms in total. The number of rotatable bonds is 9. The van der Waals surface area contributed by atoms with Crippen LogP contribution in [0.3, 0.4) is 0 Å². The molecule has 2 heterocycles. The Balaban J connectivity index is 1.64. The van der Waals surface area contributed by atoms with Crippen LogP contribution in [0.5, 0.6) is 0 Å². The maximum Gasteiger partial charge on any atom is 0.250 e. The predicted octanol–water partition coefficient (Wildman–Crippen LogP) is 4.40. The van der Waals surface area contributed by atoms with Crippen molar-refractivity contribution < 1.29 is 14.4 Å². The van der Waals surface area contributed by atoms with Crippen LogP contribution in [0, 0.1) is 5.92 Å². The fourth-order valence-electron chi connectivity index (χ4n) is 5.19. The molecular formula is C28H41N3O3. The number of likely N-dealkylation sites (tertiary alicyclic amines) is 1. The van der Waals surface area contributed by atoms with Crippen LogP contribution >= 0.6 is 0 Å². The molecule has 0 aliphatic carbocycles. The van der Waals surface area contributed by atoms with Crippen LogP contribution in [0.4, 0.5) is 0 Å². The molecule has 2 aliphatic heterocycles. The molecule has 1 aromatic rings. The highest BCUT2D eigenvalue weighted by Crippen LogP contribution is 2.28. The van der Waals surface area contributed by atoms with E-state index in [9.17, 15) is 14.4 Å². The maximum atomic E-state index is 13.6. The van der Waals surface area contributed by atoms with Gasteiger partial charge in [-0.15, -0.1) is 0 Å². The highest BCUT2D eigenvalue weighted by Gasteiger charge is 2.43. The van der Waals surface area contributed by atoms with Crippen LogP contribution in [-0.4, -0.2) is 52.7 Å². The Morgan fingerprint density at radius 2 is 1.79 bits per heavy atom. The quantitative estimate of drug-likeness (QED) is 0.585. The molecule has 2 aliphatic rings. The van der Waals surface area contributed by atoms with Crippen molar-refractivity contribution in [3.63, 3.8) is 0 Å². The van der Waals surface area contributed by atoms with Gasteiger partial charge in [-0.25, -0.2) is 0 Å². The lowest BCUT2D eigenvalue weighted by molar-refractivity contribution is -0.147. The first-order chi connectivity index (χ1) is 16.1. The van der Waals surface area contributed by atoms with Crippen LogP contribution in [0.2, 0.25) is 0 Å². The Hall–Kier alpha value is -2.63. The number of carbonyl (C=O) groups is 3. The summed E-state index contributed by atoms with van der Waals surface area (Å²) in [6.45, 7) is 13.6. The zero-order chi connectivity index (χ0) is 25.0. The average molecular weight is 468 g/mol. The normalized spacial score (nSPS) is 20.3. The Morgan fingerprint density at radius 3 is 2.35 bits per heavy atom. The first-order valence-corrected chi connectivity index (χ1v) is 12.8. The second-order valence-electron chi connectivity index (χ2n) is 10.4. The van der Waals surface area contributed by atoms with Gasteiger partial charge in [0.05, 0.1) is 0 Å². The van der Waals surface area contributed by atoms with Gasteiger partial charge in [-0.3, -0.25) is 14.4 Å². The molecule has 1 N–H and O–H groups in total. The van der Waals surface area contributed by atoms with Gasteiger partial charge in [0.15, 0.2) is 0 Å². The highest BCUT2D eigenvalue weighted by molar-refractivity contribution is 6.00. The van der Waals surface area contributed by atoms with Gasteiger partial charge in [-0.2, -0.15) is 0 Å². The number of carbonyl (C=O) groups excluding carboxylic acids is 3. The van der Waals surface area contributed by atoms with Gasteiger partial charge in [0.25, 0.3) is 0 Å². The third-order valence-corrected chi connectivity index (χ3v) is 7.43. The molecule has 6 heteroatoms. The second kappa shape index (κ2) is 11.2. The number of amides is 3. The van der Waals surface area contributed by atoms with Crippen LogP contribution in [0.1, 0.15) is 84.3 Å². The third-order valence-electron chi connectivity index (χ3n) is 7.43. The fraction of sp³-hybridized carbons (Fsp3) is 0.607. The summed E-state index contributed by atoms with van der Waals surface area (Å²) in [6, 6.07) is 7.41. The van der Waals surface area contributed by atoms with Gasteiger partial charge in [0, 0.05) is 25.2 Å². The number of nitrogens with zero attached hydrogens (tertiary/aromatic N) is 2. The van der Waals surface area contributed by atoms with Gasteiger partial charge in [0.2, 0.25) is 17.7 Å². The summed E-state index contributed by atoms with van der Waals surface area (Å²) < 4.78 is 0. The summed E-state index contributed by atoms with van der Waals surface area (Å²) in [4.78, 5) is 42.9. The molecule has 3 atom stereocenters. The molecule has 1 aromatic carbocycles. The summed E-state index contributed by atoms with van der Waals surface area (Å²) in [5.74, 6) is 0.202. The molecule has 0 radical (unpaired) electrons. The van der Waals surface area contributed by atoms with E-state index in [1.165, 1.54) is 5.56 Å². The minimum Gasteiger partial charge on any atom is -0.350 e. The van der Waals surface area contributed by atoms with Gasteiger partial charge in [-0.05, 0) is 61.6 Å². The standard InChI is InChI=1S/C28H41N3O3/c1-7-9-19(4)23-13-11-22(12-14-23)16-29-26(32)24-10-8-15-30(24)28(34)25(18(2)3)31-17-20(5)21(6)27(31)33/h11-14,18-19,24-25H,7-10,15-17H2,1-6H3,(H,29,32). The number of hydrogen-bond acceptors (Lipinski definition) is 3. The van der Waals surface area contributed by atoms with Crippen LogP contribution in [-0.2, 0) is 20.9 Å². The van der Waals surface area contributed by atoms with Crippen molar-refractivity contribution in [2.45, 2.75) is 91.8 Å². The molecule has 0 aromatic heterocycles. The van der Waals surface area contributed by atoms with Crippen molar-refractivity contribution in [3.05, 3.63) is 46.5 Å². The lowest BCUT2D eigenvalue weighted by Gasteiger charge is -2.35. The van der Waals surface area contributed by atoms with Gasteiger partial charge in [0.1, 0.15) is 12.1 Å². The number of nitrogens with one attached hydrogen (secondary N) is 1. The smallest absolute Gasteiger partial charge is 0.250 e. The van der Waals surface area contributed by atoms with Crippen LogP contribution in [0.25, 0.3) is 0 Å². The van der Waals surface area contributed by atoms with E-state index in [0.717, 1.165) is 36.0 Å². The lowest BCUT2D eigenvalue weighted by Crippen LogP contribution is -2.55. The topological polar surface area (TPSA) is 69.7 Å². The fourth-order valence-corrected chi connectivity index (χ4v) is 5.19. The molecule has 0 spiro atoms. The molecule has 34 heavy (non-hydrogen) atoms. The van der Waals surface area contributed by atoms with Crippen molar-refractivity contribution in [3.8, 4) is 0 Å². The van der Waals surface area contributed by atoms with Crippen molar-refractivity contribution >= 4 is 17.7 Å². The van der Waals surface area contributed by atoms with E-state index in [2.05, 4.69) is 43.4 Å². The zero-order valence-corrected chi connectivity index (χ0v) is 21.7. The molecule has 3 amide bonds. The van der Waals surface area contributed by atoms with E-state index < -0.39 is 12.1 Å². The van der Waals surface area contributed by atoms with Crippen molar-refractivity contribution in [2.75, 3.05) is 13.1 Å². The molecule has 1 fully saturated rings. The van der Waals surface area contributed by atoms with Gasteiger partial charge in [-0.1, -0.05) is 58.4 Å². The first kappa shape index (κ1) is 26.0. The Labute approximate surface area is 204 Å². The minimum absolute atomic E-state index is 0.0342. The van der Waals surface area contributed by atoms with Gasteiger partial charge < -0.3 is 15.1 Å². The average Bonchev–Trinajstić information content (AvgIpc) is 3.39. The summed E-state index contributed by atoms with van der Waals surface area (Å²) >= 11 is 0. The molecule has 3 unspecified atom stereocenters. The van der Waals surface area contributed by atoms with Crippen molar-refractivity contribution in [1.29, 1.82) is 0 Å². The molecule has 3 rings (SSSR count). The molecule has 1 saturated heterocycles. The summed E-state index contributed by atoms with van der Waals surface area (Å²) in [5.41, 5.74) is 4.11. The molecule has 0 bridgehead atoms. The van der Waals surface area contributed by atoms with E-state index in [-0.39, 0.29) is 23.6 Å². The summed E-state index contributed by atoms with van der Waals surface area (Å²) in [5, 5.41) is 3.04. The van der Waals surface area contributed by atoms with Crippen LogP contribution in [0.15, 0.2) is 35.4 Å². The summed E-state index contributed by atoms with van der Waals surface area (Å²) in [6.07, 6.45) is 3.77. The van der Waals surface area contributed by atoms with Crippen molar-refractivity contribution in [1.82, 2.24) is 15.1 Å². The Kier molecular flexibility index (Phi) is 8.56. The van der Waals surface area contributed by atoms with E-state index in [0.29, 0.717) is 32.0 Å². The van der Waals surface area contributed by atoms with Crippen LogP contribution < -0.4 is 5.32 Å². The summed E-state index contributed by atoms with van der Waals surface area (Å²) in [7, 11) is 0. The zero-order valence-electron chi connectivity index (χ0n) is 21.7. The van der Waals surface area contributed by atoms with Crippen molar-refractivity contribution in [2.24, 2.45) is 5.92 Å². The Bertz CT molecular complexity index is 935. The number of benzene rings is 1. The third kappa shape index (κ3) is 5.53. The minimum atomic E-state index is -0.550. The van der Waals surface area contributed by atoms with E-state index in [4.69, 9.17) is 0 Å². The number of hydrogen-bond donors (Lipinski definition) is 1. The lowest BCUT2D eigenvalue weighted by atomic mass is 9.96. The molecular weight excluding hydrogens is 426 g/mol. The monoisotopic (exact) mass is 467 g/mol. The largest absolute Gasteiger partial charge is 0.350 e. The van der Waals surface area contributed by atoms with E-state index in [1.807, 2.05) is 27.7 Å². The SMILES string of the molecule is CCCC(C)c1ccc(CNC(=O)C2CCCN2C(=O)C(C(C)C)N2CC(C)=C(C)C2=O)cc1. The highest BCUT2D eigenvalue weighted by atomic mass is 16.2. The first-order valence-electron chi connectivity index (χ1n) is 12.8. The predicted molar refractivity (Wildman–Crippen MR) is 135 cm³/mol. The Morgan fingerprint density at radius 1 is 1.12 bits per heavy atom. The second-order valence-corrected chi connectivity index (χ2v) is 10.4. The molecule has 186 valence electrons. The van der Waals surface area contributed by atoms with E-state index >= 15 is 0 Å². The van der Waals surface area contributed by atoms with E-state index in [1.54, 1.807) is 9.80 Å². The molecule has 0 saturated carbocycles.